The van der Waals surface area contributed by atoms with Crippen molar-refractivity contribution in [3.63, 3.8) is 0 Å². The van der Waals surface area contributed by atoms with Crippen LogP contribution in [-0.2, 0) is 13.0 Å². The van der Waals surface area contributed by atoms with E-state index in [9.17, 15) is 4.79 Å². The minimum Gasteiger partial charge on any atom is -0.350 e. The molecule has 6 heteroatoms. The highest BCUT2D eigenvalue weighted by Gasteiger charge is 2.22. The number of aromatic nitrogens is 3. The summed E-state index contributed by atoms with van der Waals surface area (Å²) in [4.78, 5) is 22.5. The maximum atomic E-state index is 13.0. The van der Waals surface area contributed by atoms with Crippen LogP contribution in [0.25, 0.3) is 10.9 Å². The Kier molecular flexibility index (Phi) is 5.11. The molecule has 1 aromatic carbocycles. The van der Waals surface area contributed by atoms with Crippen LogP contribution in [0.4, 0.5) is 0 Å². The second kappa shape index (κ2) is 7.32. The molecule has 0 spiro atoms. The highest BCUT2D eigenvalue weighted by atomic mass is 16.5. The van der Waals surface area contributed by atoms with Gasteiger partial charge in [0.25, 0.3) is 5.91 Å². The van der Waals surface area contributed by atoms with Gasteiger partial charge in [-0.2, -0.15) is 4.98 Å². The lowest BCUT2D eigenvalue weighted by molar-refractivity contribution is 0.0741. The van der Waals surface area contributed by atoms with Crippen molar-refractivity contribution in [3.05, 3.63) is 46.7 Å². The summed E-state index contributed by atoms with van der Waals surface area (Å²) in [5.41, 5.74) is 3.75. The van der Waals surface area contributed by atoms with Crippen LogP contribution in [0, 0.1) is 19.8 Å². The van der Waals surface area contributed by atoms with Crippen molar-refractivity contribution in [2.75, 3.05) is 6.54 Å². The van der Waals surface area contributed by atoms with Gasteiger partial charge in [0.1, 0.15) is 5.69 Å². The van der Waals surface area contributed by atoms with Gasteiger partial charge in [-0.15, -0.1) is 0 Å². The topological polar surface area (TPSA) is 75.0 Å². The maximum Gasteiger partial charge on any atom is 0.270 e. The Balaban J connectivity index is 1.83. The summed E-state index contributed by atoms with van der Waals surface area (Å²) in [5.74, 6) is 1.56. The van der Waals surface area contributed by atoms with E-state index < -0.39 is 0 Å². The van der Waals surface area contributed by atoms with E-state index in [1.54, 1.807) is 4.90 Å². The molecule has 0 aliphatic carbocycles. The second-order valence-corrected chi connectivity index (χ2v) is 7.20. The van der Waals surface area contributed by atoms with Crippen LogP contribution in [0.2, 0.25) is 0 Å². The third-order valence-electron chi connectivity index (χ3n) is 4.52. The molecular weight excluding hydrogens is 328 g/mol. The second-order valence-electron chi connectivity index (χ2n) is 7.20. The first kappa shape index (κ1) is 18.2. The lowest BCUT2D eigenvalue weighted by atomic mass is 10.1. The molecule has 0 fully saturated rings. The standard InChI is InChI=1S/C20H26N4O2/c1-6-24(11-17-22-18(26-23-17)9-12(2)3)20(25)19-14(5)15-10-13(4)7-8-16(15)21-19/h7-8,10,12,21H,6,9,11H2,1-5H3. The molecule has 0 saturated carbocycles. The normalized spacial score (nSPS) is 11.5. The van der Waals surface area contributed by atoms with E-state index in [-0.39, 0.29) is 5.91 Å². The molecule has 1 amide bonds. The number of nitrogens with zero attached hydrogens (tertiary/aromatic N) is 3. The molecule has 0 radical (unpaired) electrons. The average Bonchev–Trinajstić information content (AvgIpc) is 3.16. The van der Waals surface area contributed by atoms with Crippen LogP contribution in [0.15, 0.2) is 22.7 Å². The van der Waals surface area contributed by atoms with Crippen molar-refractivity contribution in [2.24, 2.45) is 5.92 Å². The van der Waals surface area contributed by atoms with Crippen molar-refractivity contribution in [1.29, 1.82) is 0 Å². The highest BCUT2D eigenvalue weighted by molar-refractivity contribution is 6.01. The highest BCUT2D eigenvalue weighted by Crippen LogP contribution is 2.24. The van der Waals surface area contributed by atoms with Gasteiger partial charge in [-0.3, -0.25) is 4.79 Å². The molecule has 1 N–H and O–H groups in total. The number of fused-ring (bicyclic) bond motifs is 1. The Bertz CT molecular complexity index is 923. The van der Waals surface area contributed by atoms with Gasteiger partial charge in [-0.05, 0) is 44.4 Å². The first-order chi connectivity index (χ1) is 12.4. The number of hydrogen-bond acceptors (Lipinski definition) is 4. The molecule has 0 aliphatic heterocycles. The van der Waals surface area contributed by atoms with Crippen LogP contribution in [0.1, 0.15) is 54.1 Å². The number of carbonyl (C=O) groups excluding carboxylic acids is 1. The molecule has 3 rings (SSSR count). The van der Waals surface area contributed by atoms with E-state index in [0.717, 1.165) is 22.9 Å². The fourth-order valence-corrected chi connectivity index (χ4v) is 3.10. The molecule has 3 aromatic rings. The summed E-state index contributed by atoms with van der Waals surface area (Å²) in [7, 11) is 0. The quantitative estimate of drug-likeness (QED) is 0.725. The first-order valence-corrected chi connectivity index (χ1v) is 9.08. The third-order valence-corrected chi connectivity index (χ3v) is 4.52. The van der Waals surface area contributed by atoms with Crippen molar-refractivity contribution in [2.45, 2.75) is 47.6 Å². The molecule has 2 aromatic heterocycles. The third kappa shape index (κ3) is 3.64. The molecule has 0 bridgehead atoms. The Morgan fingerprint density at radius 3 is 2.77 bits per heavy atom. The van der Waals surface area contributed by atoms with Crippen LogP contribution in [0.3, 0.4) is 0 Å². The van der Waals surface area contributed by atoms with Crippen LogP contribution >= 0.6 is 0 Å². The molecule has 0 saturated heterocycles. The van der Waals surface area contributed by atoms with Gasteiger partial charge in [-0.1, -0.05) is 30.6 Å². The first-order valence-electron chi connectivity index (χ1n) is 9.08. The summed E-state index contributed by atoms with van der Waals surface area (Å²) in [6, 6.07) is 6.16. The summed E-state index contributed by atoms with van der Waals surface area (Å²) in [5, 5.41) is 5.11. The van der Waals surface area contributed by atoms with Gasteiger partial charge in [0, 0.05) is 23.9 Å². The monoisotopic (exact) mass is 354 g/mol. The van der Waals surface area contributed by atoms with Crippen LogP contribution in [-0.4, -0.2) is 32.5 Å². The summed E-state index contributed by atoms with van der Waals surface area (Å²) >= 11 is 0. The lowest BCUT2D eigenvalue weighted by Gasteiger charge is -2.18. The van der Waals surface area contributed by atoms with E-state index in [4.69, 9.17) is 4.52 Å². The molecule has 2 heterocycles. The lowest BCUT2D eigenvalue weighted by Crippen LogP contribution is -2.31. The number of amides is 1. The molecule has 138 valence electrons. The number of aryl methyl sites for hydroxylation is 2. The van der Waals surface area contributed by atoms with Gasteiger partial charge < -0.3 is 14.4 Å². The fraction of sp³-hybridized carbons (Fsp3) is 0.450. The van der Waals surface area contributed by atoms with E-state index in [0.29, 0.717) is 36.4 Å². The predicted molar refractivity (Wildman–Crippen MR) is 101 cm³/mol. The zero-order valence-corrected chi connectivity index (χ0v) is 16.1. The van der Waals surface area contributed by atoms with E-state index in [1.165, 1.54) is 5.56 Å². The Hall–Kier alpha value is -2.63. The van der Waals surface area contributed by atoms with Gasteiger partial charge in [0.2, 0.25) is 5.89 Å². The maximum absolute atomic E-state index is 13.0. The zero-order chi connectivity index (χ0) is 18.8. The Labute approximate surface area is 153 Å². The SMILES string of the molecule is CCN(Cc1noc(CC(C)C)n1)C(=O)c1[nH]c2ccc(C)cc2c1C. The molecule has 0 unspecified atom stereocenters. The molecule has 6 nitrogen and oxygen atoms in total. The largest absolute Gasteiger partial charge is 0.350 e. The van der Waals surface area contributed by atoms with Crippen LogP contribution in [0.5, 0.6) is 0 Å². The van der Waals surface area contributed by atoms with E-state index in [1.807, 2.05) is 26.0 Å². The predicted octanol–water partition coefficient (Wildman–Crippen LogP) is 4.03. The van der Waals surface area contributed by atoms with Gasteiger partial charge >= 0.3 is 0 Å². The Morgan fingerprint density at radius 2 is 2.08 bits per heavy atom. The number of benzene rings is 1. The number of hydrogen-bond donors (Lipinski definition) is 1. The fourth-order valence-electron chi connectivity index (χ4n) is 3.10. The number of carbonyl (C=O) groups is 1. The van der Waals surface area contributed by atoms with Gasteiger partial charge in [0.15, 0.2) is 5.82 Å². The van der Waals surface area contributed by atoms with Crippen LogP contribution < -0.4 is 0 Å². The number of rotatable bonds is 6. The van der Waals surface area contributed by atoms with E-state index >= 15 is 0 Å². The minimum absolute atomic E-state index is 0.0472. The van der Waals surface area contributed by atoms with Gasteiger partial charge in [-0.25, -0.2) is 0 Å². The molecule has 26 heavy (non-hydrogen) atoms. The van der Waals surface area contributed by atoms with E-state index in [2.05, 4.69) is 42.0 Å². The van der Waals surface area contributed by atoms with Crippen molar-refractivity contribution >= 4 is 16.8 Å². The van der Waals surface area contributed by atoms with Crippen molar-refractivity contribution in [3.8, 4) is 0 Å². The summed E-state index contributed by atoms with van der Waals surface area (Å²) < 4.78 is 5.28. The van der Waals surface area contributed by atoms with Crippen molar-refractivity contribution in [1.82, 2.24) is 20.0 Å². The molecule has 0 atom stereocenters. The Morgan fingerprint density at radius 1 is 1.31 bits per heavy atom. The zero-order valence-electron chi connectivity index (χ0n) is 16.1. The number of H-pyrrole nitrogens is 1. The summed E-state index contributed by atoms with van der Waals surface area (Å²) in [6.45, 7) is 11.1. The summed E-state index contributed by atoms with van der Waals surface area (Å²) in [6.07, 6.45) is 0.744. The van der Waals surface area contributed by atoms with Crippen molar-refractivity contribution < 1.29 is 9.32 Å². The number of nitrogens with one attached hydrogen (secondary N) is 1. The molecule has 0 aliphatic rings. The average molecular weight is 354 g/mol. The number of aromatic amines is 1. The smallest absolute Gasteiger partial charge is 0.270 e. The van der Waals surface area contributed by atoms with Gasteiger partial charge in [0.05, 0.1) is 6.54 Å². The minimum atomic E-state index is -0.0472. The molecular formula is C20H26N4O2.